The fourth-order valence-electron chi connectivity index (χ4n) is 1.27. The van der Waals surface area contributed by atoms with Crippen LogP contribution in [-0.4, -0.2) is 56.8 Å². The Morgan fingerprint density at radius 3 is 2.57 bits per heavy atom. The van der Waals surface area contributed by atoms with Gasteiger partial charge in [0.2, 0.25) is 0 Å². The zero-order valence-electron chi connectivity index (χ0n) is 7.94. The van der Waals surface area contributed by atoms with E-state index in [2.05, 4.69) is 9.97 Å². The van der Waals surface area contributed by atoms with Gasteiger partial charge >= 0.3 is 43.4 Å². The molecule has 0 aliphatic carbocycles. The first-order valence-electron chi connectivity index (χ1n) is 3.72. The summed E-state index contributed by atoms with van der Waals surface area (Å²) >= 11 is 0. The number of rotatable bonds is 0. The van der Waals surface area contributed by atoms with Crippen molar-refractivity contribution in [3.05, 3.63) is 27.2 Å². The summed E-state index contributed by atoms with van der Waals surface area (Å²) in [5.41, 5.74) is 0.0119. The maximum Gasteiger partial charge on any atom is 2.00 e. The second kappa shape index (κ2) is 3.88. The Morgan fingerprint density at radius 2 is 1.93 bits per heavy atom. The largest absolute Gasteiger partial charge is 2.00 e. The molecule has 0 amide bonds. The Hall–Kier alpha value is -0.590. The zero-order chi connectivity index (χ0) is 9.59. The fourth-order valence-corrected chi connectivity index (χ4v) is 1.27. The molecule has 2 heterocycles. The number of aromatic nitrogens is 4. The summed E-state index contributed by atoms with van der Waals surface area (Å²) in [5, 5.41) is 0. The van der Waals surface area contributed by atoms with Gasteiger partial charge in [0.1, 0.15) is 5.52 Å². The number of aryl methyl sites for hydroxylation is 1. The average Bonchev–Trinajstić information content (AvgIpc) is 2.59. The number of fused-ring (bicyclic) bond motifs is 1. The monoisotopic (exact) mass is 220 g/mol. The molecule has 0 bridgehead atoms. The van der Waals surface area contributed by atoms with Gasteiger partial charge in [-0.05, 0) is 0 Å². The standard InChI is InChI=1S/C7H8N4O2.Ca/c1-10-5-4(8-3-9-5)6(12)11(2)7(10)13;/h3H,1-2H3,(H,8,9);/q;+2. The van der Waals surface area contributed by atoms with E-state index in [0.29, 0.717) is 11.2 Å². The van der Waals surface area contributed by atoms with Crippen molar-refractivity contribution in [1.82, 2.24) is 19.1 Å². The third-order valence-electron chi connectivity index (χ3n) is 2.03. The predicted octanol–water partition coefficient (Wildman–Crippen LogP) is -1.42. The van der Waals surface area contributed by atoms with Crippen molar-refractivity contribution < 1.29 is 0 Å². The molecular weight excluding hydrogens is 212 g/mol. The number of nitrogens with zero attached hydrogens (tertiary/aromatic N) is 3. The molecule has 0 aromatic carbocycles. The molecule has 0 saturated heterocycles. The minimum absolute atomic E-state index is 0. The SMILES string of the molecule is Cn1c(=O)c2[nH]cnc2n(C)c1=O.[Ca+2]. The van der Waals surface area contributed by atoms with Crippen molar-refractivity contribution in [2.45, 2.75) is 0 Å². The molecule has 1 N–H and O–H groups in total. The van der Waals surface area contributed by atoms with E-state index in [0.717, 1.165) is 4.57 Å². The molecule has 0 saturated carbocycles. The summed E-state index contributed by atoms with van der Waals surface area (Å²) in [6.07, 6.45) is 1.39. The van der Waals surface area contributed by atoms with E-state index in [-0.39, 0.29) is 49.0 Å². The van der Waals surface area contributed by atoms with Gasteiger partial charge in [-0.3, -0.25) is 13.9 Å². The summed E-state index contributed by atoms with van der Waals surface area (Å²) in [4.78, 5) is 29.4. The van der Waals surface area contributed by atoms with Gasteiger partial charge < -0.3 is 4.98 Å². The van der Waals surface area contributed by atoms with Crippen LogP contribution in [0.5, 0.6) is 0 Å². The predicted molar refractivity (Wildman–Crippen MR) is 52.3 cm³/mol. The zero-order valence-corrected chi connectivity index (χ0v) is 10.2. The number of imidazole rings is 1. The number of aromatic amines is 1. The van der Waals surface area contributed by atoms with Gasteiger partial charge in [-0.2, -0.15) is 0 Å². The van der Waals surface area contributed by atoms with E-state index < -0.39 is 0 Å². The molecule has 0 aliphatic rings. The molecule has 6 nitrogen and oxygen atoms in total. The molecular formula is C7H8CaN4O2+2. The second-order valence-corrected chi connectivity index (χ2v) is 2.81. The van der Waals surface area contributed by atoms with Crippen molar-refractivity contribution in [3.8, 4) is 0 Å². The maximum absolute atomic E-state index is 11.4. The summed E-state index contributed by atoms with van der Waals surface area (Å²) < 4.78 is 2.37. The van der Waals surface area contributed by atoms with Crippen LogP contribution in [0, 0.1) is 0 Å². The first-order valence-corrected chi connectivity index (χ1v) is 3.72. The van der Waals surface area contributed by atoms with Gasteiger partial charge in [0.25, 0.3) is 5.56 Å². The molecule has 2 aromatic rings. The Balaban J connectivity index is 0.000000980. The van der Waals surface area contributed by atoms with Crippen molar-refractivity contribution >= 4 is 48.9 Å². The van der Waals surface area contributed by atoms with E-state index in [1.807, 2.05) is 0 Å². The summed E-state index contributed by atoms with van der Waals surface area (Å²) in [6, 6.07) is 0. The fraction of sp³-hybridized carbons (Fsp3) is 0.286. The second-order valence-electron chi connectivity index (χ2n) is 2.81. The first-order chi connectivity index (χ1) is 6.13. The number of nitrogens with one attached hydrogen (secondary N) is 1. The topological polar surface area (TPSA) is 72.7 Å². The summed E-state index contributed by atoms with van der Waals surface area (Å²) in [5.74, 6) is 0. The Kier molecular flexibility index (Phi) is 3.18. The number of hydrogen-bond acceptors (Lipinski definition) is 3. The first kappa shape index (κ1) is 11.5. The van der Waals surface area contributed by atoms with Gasteiger partial charge in [-0.25, -0.2) is 9.78 Å². The molecule has 0 atom stereocenters. The van der Waals surface area contributed by atoms with Crippen molar-refractivity contribution in [2.75, 3.05) is 0 Å². The van der Waals surface area contributed by atoms with Crippen LogP contribution in [0.4, 0.5) is 0 Å². The van der Waals surface area contributed by atoms with Crippen LogP contribution in [0.1, 0.15) is 0 Å². The van der Waals surface area contributed by atoms with Crippen LogP contribution >= 0.6 is 0 Å². The minimum Gasteiger partial charge on any atom is -0.339 e. The maximum atomic E-state index is 11.4. The molecule has 0 fully saturated rings. The molecule has 7 heteroatoms. The normalized spacial score (nSPS) is 10.1. The van der Waals surface area contributed by atoms with Gasteiger partial charge in [0, 0.05) is 14.1 Å². The van der Waals surface area contributed by atoms with Gasteiger partial charge in [-0.15, -0.1) is 0 Å². The quantitative estimate of drug-likeness (QED) is 0.554. The molecule has 0 radical (unpaired) electrons. The van der Waals surface area contributed by atoms with Crippen molar-refractivity contribution in [2.24, 2.45) is 14.1 Å². The van der Waals surface area contributed by atoms with E-state index in [1.165, 1.54) is 17.9 Å². The molecule has 14 heavy (non-hydrogen) atoms. The molecule has 2 rings (SSSR count). The molecule has 0 unspecified atom stereocenters. The average molecular weight is 220 g/mol. The molecule has 68 valence electrons. The van der Waals surface area contributed by atoms with Crippen LogP contribution in [0.25, 0.3) is 11.2 Å². The summed E-state index contributed by atoms with van der Waals surface area (Å²) in [7, 11) is 3.01. The smallest absolute Gasteiger partial charge is 0.339 e. The van der Waals surface area contributed by atoms with Gasteiger partial charge in [0.15, 0.2) is 5.65 Å². The van der Waals surface area contributed by atoms with Gasteiger partial charge in [-0.1, -0.05) is 0 Å². The Bertz CT molecular complexity index is 579. The van der Waals surface area contributed by atoms with E-state index in [9.17, 15) is 9.59 Å². The molecule has 2 aromatic heterocycles. The third kappa shape index (κ3) is 1.43. The van der Waals surface area contributed by atoms with E-state index in [1.54, 1.807) is 7.05 Å². The van der Waals surface area contributed by atoms with Crippen LogP contribution in [0.3, 0.4) is 0 Å². The van der Waals surface area contributed by atoms with Crippen LogP contribution < -0.4 is 11.2 Å². The van der Waals surface area contributed by atoms with Crippen LogP contribution in [0.2, 0.25) is 0 Å². The van der Waals surface area contributed by atoms with E-state index in [4.69, 9.17) is 0 Å². The number of H-pyrrole nitrogens is 1. The van der Waals surface area contributed by atoms with Crippen LogP contribution in [-0.2, 0) is 14.1 Å². The van der Waals surface area contributed by atoms with Crippen molar-refractivity contribution in [3.63, 3.8) is 0 Å². The molecule has 0 aliphatic heterocycles. The Labute approximate surface area is 109 Å². The van der Waals surface area contributed by atoms with Crippen molar-refractivity contribution in [1.29, 1.82) is 0 Å². The van der Waals surface area contributed by atoms with E-state index >= 15 is 0 Å². The van der Waals surface area contributed by atoms with Crippen LogP contribution in [0.15, 0.2) is 15.9 Å². The third-order valence-corrected chi connectivity index (χ3v) is 2.03. The summed E-state index contributed by atoms with van der Waals surface area (Å²) in [6.45, 7) is 0. The Morgan fingerprint density at radius 1 is 1.29 bits per heavy atom. The molecule has 0 spiro atoms. The van der Waals surface area contributed by atoms with Gasteiger partial charge in [0.05, 0.1) is 6.33 Å². The number of hydrogen-bond donors (Lipinski definition) is 1. The minimum atomic E-state index is -0.371.